The van der Waals surface area contributed by atoms with Gasteiger partial charge in [-0.15, -0.1) is 0 Å². The Bertz CT molecular complexity index is 249. The number of rotatable bonds is 7. The van der Waals surface area contributed by atoms with E-state index in [-0.39, 0.29) is 11.9 Å². The van der Waals surface area contributed by atoms with Gasteiger partial charge in [0.1, 0.15) is 0 Å². The van der Waals surface area contributed by atoms with E-state index < -0.39 is 0 Å². The van der Waals surface area contributed by atoms with E-state index in [1.807, 2.05) is 18.0 Å². The van der Waals surface area contributed by atoms with Gasteiger partial charge in [-0.2, -0.15) is 23.5 Å². The molecule has 0 aromatic carbocycles. The maximum atomic E-state index is 11.9. The predicted molar refractivity (Wildman–Crippen MR) is 83.3 cm³/mol. The van der Waals surface area contributed by atoms with Crippen LogP contribution in [0.5, 0.6) is 0 Å². The van der Waals surface area contributed by atoms with Crippen LogP contribution in [-0.4, -0.2) is 41.0 Å². The molecule has 18 heavy (non-hydrogen) atoms. The normalized spacial score (nSPS) is 25.7. The van der Waals surface area contributed by atoms with E-state index in [4.69, 9.17) is 5.73 Å². The summed E-state index contributed by atoms with van der Waals surface area (Å²) in [5.74, 6) is 2.16. The van der Waals surface area contributed by atoms with Gasteiger partial charge in [0.15, 0.2) is 0 Å². The third-order valence-corrected chi connectivity index (χ3v) is 5.22. The van der Waals surface area contributed by atoms with Crippen molar-refractivity contribution in [1.29, 1.82) is 0 Å². The average molecular weight is 290 g/mol. The Kier molecular flexibility index (Phi) is 8.18. The summed E-state index contributed by atoms with van der Waals surface area (Å²) >= 11 is 3.76. The number of nitrogens with two attached hydrogens (primary N) is 1. The monoisotopic (exact) mass is 290 g/mol. The lowest BCUT2D eigenvalue weighted by Crippen LogP contribution is -2.47. The molecule has 0 bridgehead atoms. The van der Waals surface area contributed by atoms with Crippen LogP contribution in [0, 0.1) is 0 Å². The first-order valence-electron chi connectivity index (χ1n) is 6.83. The minimum atomic E-state index is -0.336. The molecule has 106 valence electrons. The molecule has 0 aliphatic heterocycles. The molecule has 1 aliphatic rings. The second-order valence-corrected chi connectivity index (χ2v) is 7.40. The molecule has 1 saturated carbocycles. The van der Waals surface area contributed by atoms with Gasteiger partial charge in [-0.1, -0.05) is 13.3 Å². The first kappa shape index (κ1) is 16.2. The Morgan fingerprint density at radius 2 is 2.28 bits per heavy atom. The number of nitrogens with one attached hydrogen (secondary N) is 1. The molecule has 0 heterocycles. The van der Waals surface area contributed by atoms with Crippen LogP contribution in [0.4, 0.5) is 0 Å². The Hall–Kier alpha value is 0.130. The van der Waals surface area contributed by atoms with Gasteiger partial charge in [-0.3, -0.25) is 4.79 Å². The van der Waals surface area contributed by atoms with E-state index in [1.165, 1.54) is 18.6 Å². The van der Waals surface area contributed by atoms with E-state index >= 15 is 0 Å². The SMILES string of the molecule is CCSC1CCCC(NC(=O)[C@@H](N)CCSC)C1. The molecular weight excluding hydrogens is 264 g/mol. The molecule has 0 radical (unpaired) electrons. The van der Waals surface area contributed by atoms with E-state index in [0.717, 1.165) is 30.3 Å². The number of carbonyl (C=O) groups is 1. The van der Waals surface area contributed by atoms with Crippen molar-refractivity contribution in [2.45, 2.75) is 56.4 Å². The van der Waals surface area contributed by atoms with Crippen molar-refractivity contribution in [3.05, 3.63) is 0 Å². The Labute approximate surface area is 119 Å². The molecule has 3 atom stereocenters. The summed E-state index contributed by atoms with van der Waals surface area (Å²) in [6.45, 7) is 2.20. The molecule has 1 rings (SSSR count). The highest BCUT2D eigenvalue weighted by molar-refractivity contribution is 7.99. The van der Waals surface area contributed by atoms with E-state index in [2.05, 4.69) is 12.2 Å². The summed E-state index contributed by atoms with van der Waals surface area (Å²) in [6, 6.07) is 0.00674. The van der Waals surface area contributed by atoms with Crippen molar-refractivity contribution in [3.63, 3.8) is 0 Å². The third-order valence-electron chi connectivity index (χ3n) is 3.34. The van der Waals surface area contributed by atoms with Crippen molar-refractivity contribution in [2.24, 2.45) is 5.73 Å². The number of thioether (sulfide) groups is 2. The van der Waals surface area contributed by atoms with Gasteiger partial charge in [0.2, 0.25) is 5.91 Å². The van der Waals surface area contributed by atoms with Crippen LogP contribution in [0.3, 0.4) is 0 Å². The minimum Gasteiger partial charge on any atom is -0.352 e. The van der Waals surface area contributed by atoms with Crippen molar-refractivity contribution in [1.82, 2.24) is 5.32 Å². The van der Waals surface area contributed by atoms with Gasteiger partial charge in [-0.05, 0) is 43.4 Å². The molecule has 0 spiro atoms. The second-order valence-electron chi connectivity index (χ2n) is 4.84. The molecule has 1 fully saturated rings. The summed E-state index contributed by atoms with van der Waals surface area (Å²) in [6.07, 6.45) is 7.55. The maximum absolute atomic E-state index is 11.9. The Morgan fingerprint density at radius 1 is 1.50 bits per heavy atom. The van der Waals surface area contributed by atoms with Crippen LogP contribution in [0.25, 0.3) is 0 Å². The van der Waals surface area contributed by atoms with Crippen molar-refractivity contribution in [2.75, 3.05) is 17.8 Å². The van der Waals surface area contributed by atoms with E-state index in [0.29, 0.717) is 6.04 Å². The standard InChI is InChI=1S/C13H26N2OS2/c1-3-18-11-6-4-5-10(9-11)15-13(16)12(14)7-8-17-2/h10-12H,3-9,14H2,1-2H3,(H,15,16)/t10?,11?,12-/m0/s1. The molecule has 3 nitrogen and oxygen atoms in total. The largest absolute Gasteiger partial charge is 0.352 e. The highest BCUT2D eigenvalue weighted by atomic mass is 32.2. The molecule has 0 aromatic heterocycles. The number of carbonyl (C=O) groups excluding carboxylic acids is 1. The zero-order valence-electron chi connectivity index (χ0n) is 11.5. The van der Waals surface area contributed by atoms with Crippen LogP contribution >= 0.6 is 23.5 Å². The highest BCUT2D eigenvalue weighted by Gasteiger charge is 2.24. The van der Waals surface area contributed by atoms with Crippen molar-refractivity contribution < 1.29 is 4.79 Å². The number of amides is 1. The number of hydrogen-bond acceptors (Lipinski definition) is 4. The van der Waals surface area contributed by atoms with Gasteiger partial charge in [-0.25, -0.2) is 0 Å². The van der Waals surface area contributed by atoms with Crippen LogP contribution in [0.2, 0.25) is 0 Å². The summed E-state index contributed by atoms with van der Waals surface area (Å²) < 4.78 is 0. The molecule has 0 saturated heterocycles. The fourth-order valence-corrected chi connectivity index (χ4v) is 4.01. The van der Waals surface area contributed by atoms with Crippen LogP contribution in [0.1, 0.15) is 39.0 Å². The van der Waals surface area contributed by atoms with Crippen molar-refractivity contribution >= 4 is 29.4 Å². The van der Waals surface area contributed by atoms with Gasteiger partial charge in [0, 0.05) is 11.3 Å². The molecular formula is C13H26N2OS2. The lowest BCUT2D eigenvalue weighted by molar-refractivity contribution is -0.123. The highest BCUT2D eigenvalue weighted by Crippen LogP contribution is 2.28. The summed E-state index contributed by atoms with van der Waals surface area (Å²) in [5, 5.41) is 3.85. The van der Waals surface area contributed by atoms with Gasteiger partial charge < -0.3 is 11.1 Å². The smallest absolute Gasteiger partial charge is 0.237 e. The molecule has 1 aliphatic carbocycles. The Balaban J connectivity index is 2.30. The molecule has 3 N–H and O–H groups in total. The van der Waals surface area contributed by atoms with Crippen LogP contribution < -0.4 is 11.1 Å². The molecule has 5 heteroatoms. The van der Waals surface area contributed by atoms with Gasteiger partial charge in [0.05, 0.1) is 6.04 Å². The first-order valence-corrected chi connectivity index (χ1v) is 9.28. The lowest BCUT2D eigenvalue weighted by atomic mass is 9.94. The maximum Gasteiger partial charge on any atom is 0.237 e. The van der Waals surface area contributed by atoms with Gasteiger partial charge >= 0.3 is 0 Å². The summed E-state index contributed by atoms with van der Waals surface area (Å²) in [4.78, 5) is 11.9. The zero-order valence-corrected chi connectivity index (χ0v) is 13.1. The summed E-state index contributed by atoms with van der Waals surface area (Å²) in [5.41, 5.74) is 5.88. The van der Waals surface area contributed by atoms with Crippen LogP contribution in [-0.2, 0) is 4.79 Å². The van der Waals surface area contributed by atoms with E-state index in [9.17, 15) is 4.79 Å². The molecule has 1 amide bonds. The topological polar surface area (TPSA) is 55.1 Å². The van der Waals surface area contributed by atoms with Crippen molar-refractivity contribution in [3.8, 4) is 0 Å². The fraction of sp³-hybridized carbons (Fsp3) is 0.923. The van der Waals surface area contributed by atoms with E-state index in [1.54, 1.807) is 11.8 Å². The zero-order chi connectivity index (χ0) is 13.4. The minimum absolute atomic E-state index is 0.0381. The summed E-state index contributed by atoms with van der Waals surface area (Å²) in [7, 11) is 0. The Morgan fingerprint density at radius 3 is 2.94 bits per heavy atom. The quantitative estimate of drug-likeness (QED) is 0.755. The molecule has 0 aromatic rings. The predicted octanol–water partition coefficient (Wildman–Crippen LogP) is 2.25. The number of hydrogen-bond donors (Lipinski definition) is 2. The van der Waals surface area contributed by atoms with Gasteiger partial charge in [0.25, 0.3) is 0 Å². The second kappa shape index (κ2) is 9.10. The third kappa shape index (κ3) is 5.85. The fourth-order valence-electron chi connectivity index (χ4n) is 2.35. The average Bonchev–Trinajstić information content (AvgIpc) is 2.36. The van der Waals surface area contributed by atoms with Crippen LogP contribution in [0.15, 0.2) is 0 Å². The molecule has 2 unspecified atom stereocenters. The lowest BCUT2D eigenvalue weighted by Gasteiger charge is -2.30. The first-order chi connectivity index (χ1) is 8.67.